The third-order valence-corrected chi connectivity index (χ3v) is 2.88. The molecule has 0 unspecified atom stereocenters. The molecule has 0 amide bonds. The Morgan fingerprint density at radius 2 is 2.17 bits per heavy atom. The second-order valence-corrected chi connectivity index (χ2v) is 4.30. The number of hydrogen-bond donors (Lipinski definition) is 2. The number of aromatic nitrogens is 4. The summed E-state index contributed by atoms with van der Waals surface area (Å²) in [6.07, 6.45) is 2.47. The number of H-pyrrole nitrogens is 2. The molecule has 0 radical (unpaired) electrons. The summed E-state index contributed by atoms with van der Waals surface area (Å²) < 4.78 is 1.26. The second kappa shape index (κ2) is 3.88. The summed E-state index contributed by atoms with van der Waals surface area (Å²) >= 11 is 0. The third kappa shape index (κ3) is 1.64. The predicted octanol–water partition coefficient (Wildman–Crippen LogP) is 0.509. The van der Waals surface area contributed by atoms with Gasteiger partial charge in [0.15, 0.2) is 17.0 Å². The smallest absolute Gasteiger partial charge is 0.325 e. The SMILES string of the molecule is CCC#Cc1nc2[nH]c(=O)n(C3CC3)c(=O)c2[nH]1. The van der Waals surface area contributed by atoms with Crippen molar-refractivity contribution in [3.63, 3.8) is 0 Å². The summed E-state index contributed by atoms with van der Waals surface area (Å²) in [7, 11) is 0. The molecular formula is C12H12N4O2. The van der Waals surface area contributed by atoms with E-state index in [0.29, 0.717) is 17.8 Å². The van der Waals surface area contributed by atoms with Gasteiger partial charge in [0.1, 0.15) is 0 Å². The maximum atomic E-state index is 12.1. The lowest BCUT2D eigenvalue weighted by molar-refractivity contribution is 0.664. The molecule has 3 rings (SSSR count). The summed E-state index contributed by atoms with van der Waals surface area (Å²) in [5.41, 5.74) is -0.103. The molecule has 2 heterocycles. The Morgan fingerprint density at radius 1 is 1.39 bits per heavy atom. The first kappa shape index (κ1) is 10.8. The van der Waals surface area contributed by atoms with Gasteiger partial charge in [0, 0.05) is 12.5 Å². The Balaban J connectivity index is 2.25. The highest BCUT2D eigenvalue weighted by atomic mass is 16.2. The van der Waals surface area contributed by atoms with Gasteiger partial charge < -0.3 is 4.98 Å². The summed E-state index contributed by atoms with van der Waals surface area (Å²) in [5.74, 6) is 6.08. The van der Waals surface area contributed by atoms with Crippen LogP contribution in [-0.4, -0.2) is 19.5 Å². The van der Waals surface area contributed by atoms with Crippen LogP contribution >= 0.6 is 0 Å². The lowest BCUT2D eigenvalue weighted by atomic mass is 10.4. The number of nitrogens with one attached hydrogen (secondary N) is 2. The summed E-state index contributed by atoms with van der Waals surface area (Å²) in [4.78, 5) is 33.5. The van der Waals surface area contributed by atoms with Crippen molar-refractivity contribution in [3.8, 4) is 11.8 Å². The van der Waals surface area contributed by atoms with E-state index in [9.17, 15) is 9.59 Å². The third-order valence-electron chi connectivity index (χ3n) is 2.88. The van der Waals surface area contributed by atoms with Crippen LogP contribution in [0.4, 0.5) is 0 Å². The highest BCUT2D eigenvalue weighted by Gasteiger charge is 2.28. The molecule has 1 aliphatic carbocycles. The number of imidazole rings is 1. The van der Waals surface area contributed by atoms with E-state index in [1.807, 2.05) is 6.92 Å². The van der Waals surface area contributed by atoms with Gasteiger partial charge in [-0.3, -0.25) is 14.3 Å². The van der Waals surface area contributed by atoms with Crippen LogP contribution in [0.2, 0.25) is 0 Å². The zero-order chi connectivity index (χ0) is 12.7. The number of hydrogen-bond acceptors (Lipinski definition) is 3. The van der Waals surface area contributed by atoms with E-state index in [2.05, 4.69) is 26.8 Å². The molecule has 1 fully saturated rings. The van der Waals surface area contributed by atoms with Crippen LogP contribution in [-0.2, 0) is 0 Å². The molecule has 0 saturated heterocycles. The van der Waals surface area contributed by atoms with Crippen LogP contribution in [0.3, 0.4) is 0 Å². The first-order valence-electron chi connectivity index (χ1n) is 5.94. The van der Waals surface area contributed by atoms with E-state index < -0.39 is 5.69 Å². The number of fused-ring (bicyclic) bond motifs is 1. The highest BCUT2D eigenvalue weighted by Crippen LogP contribution is 2.32. The molecule has 1 aliphatic rings. The van der Waals surface area contributed by atoms with Crippen molar-refractivity contribution >= 4 is 11.2 Å². The van der Waals surface area contributed by atoms with E-state index in [4.69, 9.17) is 0 Å². The average Bonchev–Trinajstić information content (AvgIpc) is 3.07. The standard InChI is InChI=1S/C12H12N4O2/c1-2-3-4-8-13-9-10(14-8)15-12(18)16(11(9)17)7-5-6-7/h7H,2,5-6H2,1H3,(H,13,14)(H,15,18). The van der Waals surface area contributed by atoms with E-state index in [0.717, 1.165) is 12.8 Å². The highest BCUT2D eigenvalue weighted by molar-refractivity contribution is 5.69. The minimum Gasteiger partial charge on any atom is -0.325 e. The van der Waals surface area contributed by atoms with Gasteiger partial charge in [-0.05, 0) is 18.8 Å². The average molecular weight is 244 g/mol. The molecule has 0 aliphatic heterocycles. The molecule has 2 N–H and O–H groups in total. The fourth-order valence-corrected chi connectivity index (χ4v) is 1.89. The van der Waals surface area contributed by atoms with Gasteiger partial charge in [0.05, 0.1) is 0 Å². The van der Waals surface area contributed by atoms with E-state index in [-0.39, 0.29) is 17.2 Å². The first-order chi connectivity index (χ1) is 8.70. The molecule has 6 nitrogen and oxygen atoms in total. The van der Waals surface area contributed by atoms with Gasteiger partial charge >= 0.3 is 5.69 Å². The second-order valence-electron chi connectivity index (χ2n) is 4.30. The quantitative estimate of drug-likeness (QED) is 0.717. The molecule has 0 spiro atoms. The summed E-state index contributed by atoms with van der Waals surface area (Å²) in [5, 5.41) is 0. The molecule has 0 bridgehead atoms. The maximum absolute atomic E-state index is 12.1. The topological polar surface area (TPSA) is 83.5 Å². The minimum absolute atomic E-state index is 0.0409. The monoisotopic (exact) mass is 244 g/mol. The maximum Gasteiger partial charge on any atom is 0.330 e. The van der Waals surface area contributed by atoms with E-state index >= 15 is 0 Å². The van der Waals surface area contributed by atoms with Crippen molar-refractivity contribution in [2.45, 2.75) is 32.2 Å². The van der Waals surface area contributed by atoms with Crippen molar-refractivity contribution in [2.24, 2.45) is 0 Å². The molecule has 2 aromatic heterocycles. The van der Waals surface area contributed by atoms with Gasteiger partial charge in [-0.15, -0.1) is 0 Å². The summed E-state index contributed by atoms with van der Waals surface area (Å²) in [6.45, 7) is 1.93. The normalized spacial score (nSPS) is 14.5. The van der Waals surface area contributed by atoms with Gasteiger partial charge in [-0.25, -0.2) is 9.78 Å². The molecule has 0 aromatic carbocycles. The fourth-order valence-electron chi connectivity index (χ4n) is 1.89. The van der Waals surface area contributed by atoms with Crippen molar-refractivity contribution in [1.29, 1.82) is 0 Å². The van der Waals surface area contributed by atoms with Crippen LogP contribution in [0.15, 0.2) is 9.59 Å². The van der Waals surface area contributed by atoms with Crippen LogP contribution in [0.1, 0.15) is 38.1 Å². The van der Waals surface area contributed by atoms with Crippen LogP contribution < -0.4 is 11.2 Å². The lowest BCUT2D eigenvalue weighted by Crippen LogP contribution is -2.34. The summed E-state index contributed by atoms with van der Waals surface area (Å²) in [6, 6.07) is 0.0409. The van der Waals surface area contributed by atoms with Gasteiger partial charge in [-0.1, -0.05) is 12.8 Å². The minimum atomic E-state index is -0.392. The Bertz CT molecular complexity index is 780. The largest absolute Gasteiger partial charge is 0.330 e. The molecular weight excluding hydrogens is 232 g/mol. The lowest BCUT2D eigenvalue weighted by Gasteiger charge is -1.99. The number of nitrogens with zero attached hydrogens (tertiary/aromatic N) is 2. The van der Waals surface area contributed by atoms with Gasteiger partial charge in [0.2, 0.25) is 0 Å². The van der Waals surface area contributed by atoms with Crippen molar-refractivity contribution < 1.29 is 0 Å². The Labute approximate surface area is 102 Å². The van der Waals surface area contributed by atoms with Crippen LogP contribution in [0.5, 0.6) is 0 Å². The van der Waals surface area contributed by atoms with E-state index in [1.54, 1.807) is 0 Å². The van der Waals surface area contributed by atoms with Crippen molar-refractivity contribution in [3.05, 3.63) is 26.7 Å². The molecule has 92 valence electrons. The van der Waals surface area contributed by atoms with Gasteiger partial charge in [0.25, 0.3) is 5.56 Å². The number of aromatic amines is 2. The van der Waals surface area contributed by atoms with Crippen LogP contribution in [0.25, 0.3) is 11.2 Å². The zero-order valence-electron chi connectivity index (χ0n) is 9.91. The van der Waals surface area contributed by atoms with E-state index in [1.165, 1.54) is 4.57 Å². The molecule has 6 heteroatoms. The Morgan fingerprint density at radius 3 is 2.83 bits per heavy atom. The van der Waals surface area contributed by atoms with Gasteiger partial charge in [-0.2, -0.15) is 0 Å². The fraction of sp³-hybridized carbons (Fsp3) is 0.417. The van der Waals surface area contributed by atoms with Crippen LogP contribution in [0, 0.1) is 11.8 Å². The molecule has 0 atom stereocenters. The Hall–Kier alpha value is -2.29. The molecule has 1 saturated carbocycles. The Kier molecular flexibility index (Phi) is 2.33. The van der Waals surface area contributed by atoms with Crippen molar-refractivity contribution in [1.82, 2.24) is 19.5 Å². The number of rotatable bonds is 1. The van der Waals surface area contributed by atoms with Crippen molar-refractivity contribution in [2.75, 3.05) is 0 Å². The first-order valence-corrected chi connectivity index (χ1v) is 5.94. The molecule has 18 heavy (non-hydrogen) atoms. The molecule has 2 aromatic rings. The predicted molar refractivity (Wildman–Crippen MR) is 66.4 cm³/mol. The zero-order valence-corrected chi connectivity index (χ0v) is 9.91.